The number of piperidine rings is 1. The lowest BCUT2D eigenvalue weighted by Crippen LogP contribution is -2.40. The minimum atomic E-state index is -2.36. The van der Waals surface area contributed by atoms with Crippen LogP contribution in [0.1, 0.15) is 28.8 Å². The van der Waals surface area contributed by atoms with Gasteiger partial charge in [-0.05, 0) is 44.5 Å². The summed E-state index contributed by atoms with van der Waals surface area (Å²) in [6, 6.07) is 5.12. The van der Waals surface area contributed by atoms with Gasteiger partial charge in [-0.15, -0.1) is 0 Å². The van der Waals surface area contributed by atoms with Gasteiger partial charge < -0.3 is 11.1 Å². The number of hydrogen-bond donors (Lipinski definition) is 2. The Morgan fingerprint density at radius 2 is 2.00 bits per heavy atom. The molecule has 7 heteroatoms. The molecule has 2 amide bonds. The molecule has 1 aliphatic heterocycles. The van der Waals surface area contributed by atoms with E-state index in [4.69, 9.17) is 5.73 Å². The number of nitrogens with zero attached hydrogens (tertiary/aromatic N) is 1. The first-order valence-electron chi connectivity index (χ1n) is 7.59. The lowest BCUT2D eigenvalue weighted by Gasteiger charge is -2.31. The average Bonchev–Trinajstić information content (AvgIpc) is 2.47. The topological polar surface area (TPSA) is 75.4 Å². The van der Waals surface area contributed by atoms with Gasteiger partial charge in [0.15, 0.2) is 0 Å². The van der Waals surface area contributed by atoms with Gasteiger partial charge in [0.05, 0.1) is 17.8 Å². The number of primary amides is 1. The maximum atomic E-state index is 12.4. The van der Waals surface area contributed by atoms with Crippen molar-refractivity contribution in [3.05, 3.63) is 29.3 Å². The van der Waals surface area contributed by atoms with Gasteiger partial charge in [0.1, 0.15) is 0 Å². The number of rotatable bonds is 5. The number of nitrogens with two attached hydrogens (primary N) is 1. The molecule has 1 aliphatic rings. The summed E-state index contributed by atoms with van der Waals surface area (Å²) in [4.78, 5) is 25.6. The number of halogens is 2. The Hall–Kier alpha value is -2.02. The Morgan fingerprint density at radius 1 is 1.35 bits per heavy atom. The number of aryl methyl sites for hydroxylation is 1. The van der Waals surface area contributed by atoms with Gasteiger partial charge in [0.2, 0.25) is 5.91 Å². The third kappa shape index (κ3) is 4.48. The van der Waals surface area contributed by atoms with Gasteiger partial charge in [-0.25, -0.2) is 8.78 Å². The molecule has 1 aromatic rings. The van der Waals surface area contributed by atoms with E-state index in [1.807, 2.05) is 0 Å². The number of carbonyl (C=O) groups excluding carboxylic acids is 2. The van der Waals surface area contributed by atoms with Crippen LogP contribution in [0.2, 0.25) is 0 Å². The highest BCUT2D eigenvalue weighted by atomic mass is 19.3. The van der Waals surface area contributed by atoms with Gasteiger partial charge >= 0.3 is 0 Å². The Kier molecular flexibility index (Phi) is 5.65. The molecule has 0 atom stereocenters. The van der Waals surface area contributed by atoms with E-state index < -0.39 is 12.3 Å². The van der Waals surface area contributed by atoms with E-state index >= 15 is 0 Å². The maximum absolute atomic E-state index is 12.4. The fourth-order valence-corrected chi connectivity index (χ4v) is 2.91. The van der Waals surface area contributed by atoms with Crippen molar-refractivity contribution in [2.24, 2.45) is 11.7 Å². The number of alkyl halides is 2. The van der Waals surface area contributed by atoms with Crippen molar-refractivity contribution in [1.82, 2.24) is 4.90 Å². The van der Waals surface area contributed by atoms with Crippen LogP contribution in [0.3, 0.4) is 0 Å². The number of hydrogen-bond acceptors (Lipinski definition) is 3. The van der Waals surface area contributed by atoms with Crippen molar-refractivity contribution in [3.63, 3.8) is 0 Å². The van der Waals surface area contributed by atoms with Gasteiger partial charge in [0.25, 0.3) is 12.3 Å². The van der Waals surface area contributed by atoms with Crippen LogP contribution in [0.4, 0.5) is 14.5 Å². The molecule has 126 valence electrons. The van der Waals surface area contributed by atoms with Crippen molar-refractivity contribution < 1.29 is 18.4 Å². The quantitative estimate of drug-likeness (QED) is 0.869. The Bertz CT molecular complexity index is 585. The lowest BCUT2D eigenvalue weighted by molar-refractivity contribution is -0.121. The normalized spacial score (nSPS) is 16.5. The van der Waals surface area contributed by atoms with Crippen LogP contribution in [0.15, 0.2) is 18.2 Å². The fourth-order valence-electron chi connectivity index (χ4n) is 2.91. The molecule has 0 bridgehead atoms. The zero-order valence-electron chi connectivity index (χ0n) is 13.0. The molecule has 0 aromatic heterocycles. The Labute approximate surface area is 133 Å². The second-order valence-corrected chi connectivity index (χ2v) is 5.82. The predicted molar refractivity (Wildman–Crippen MR) is 83.5 cm³/mol. The van der Waals surface area contributed by atoms with Crippen LogP contribution in [0.5, 0.6) is 0 Å². The van der Waals surface area contributed by atoms with E-state index in [9.17, 15) is 18.4 Å². The largest absolute Gasteiger partial charge is 0.366 e. The van der Waals surface area contributed by atoms with E-state index in [-0.39, 0.29) is 18.4 Å². The van der Waals surface area contributed by atoms with Crippen LogP contribution in [0.25, 0.3) is 0 Å². The van der Waals surface area contributed by atoms with Crippen molar-refractivity contribution >= 4 is 17.5 Å². The summed E-state index contributed by atoms with van der Waals surface area (Å²) in [5.74, 6) is -1.04. The summed E-state index contributed by atoms with van der Waals surface area (Å²) >= 11 is 0. The Balaban J connectivity index is 1.99. The summed E-state index contributed by atoms with van der Waals surface area (Å²) in [6.45, 7) is 2.44. The number of benzene rings is 1. The van der Waals surface area contributed by atoms with Crippen LogP contribution >= 0.6 is 0 Å². The smallest absolute Gasteiger partial charge is 0.251 e. The molecular formula is C16H21F2N3O2. The number of nitrogens with one attached hydrogen (secondary N) is 1. The van der Waals surface area contributed by atoms with Crippen LogP contribution < -0.4 is 11.1 Å². The summed E-state index contributed by atoms with van der Waals surface area (Å²) < 4.78 is 24.7. The highest BCUT2D eigenvalue weighted by molar-refractivity contribution is 6.04. The third-order valence-electron chi connectivity index (χ3n) is 4.13. The third-order valence-corrected chi connectivity index (χ3v) is 4.13. The van der Waals surface area contributed by atoms with E-state index in [0.717, 1.165) is 0 Å². The molecule has 1 fully saturated rings. The first-order chi connectivity index (χ1) is 10.9. The molecule has 2 rings (SSSR count). The van der Waals surface area contributed by atoms with Gasteiger partial charge in [-0.3, -0.25) is 14.5 Å². The minimum Gasteiger partial charge on any atom is -0.366 e. The molecule has 1 aromatic carbocycles. The predicted octanol–water partition coefficient (Wildman–Crippen LogP) is 2.01. The second kappa shape index (κ2) is 7.50. The summed E-state index contributed by atoms with van der Waals surface area (Å²) in [5.41, 5.74) is 6.76. The van der Waals surface area contributed by atoms with Gasteiger partial charge in [0, 0.05) is 5.92 Å². The number of carbonyl (C=O) groups is 2. The lowest BCUT2D eigenvalue weighted by atomic mass is 9.95. The van der Waals surface area contributed by atoms with Crippen molar-refractivity contribution in [2.45, 2.75) is 26.2 Å². The van der Waals surface area contributed by atoms with Crippen molar-refractivity contribution in [3.8, 4) is 0 Å². The van der Waals surface area contributed by atoms with E-state index in [1.54, 1.807) is 30.0 Å². The molecule has 3 N–H and O–H groups in total. The molecule has 0 spiro atoms. The minimum absolute atomic E-state index is 0.199. The summed E-state index contributed by atoms with van der Waals surface area (Å²) in [6.07, 6.45) is -1.31. The fraction of sp³-hybridized carbons (Fsp3) is 0.500. The molecule has 0 aliphatic carbocycles. The van der Waals surface area contributed by atoms with E-state index in [0.29, 0.717) is 42.7 Å². The first-order valence-corrected chi connectivity index (χ1v) is 7.59. The van der Waals surface area contributed by atoms with E-state index in [1.165, 1.54) is 0 Å². The maximum Gasteiger partial charge on any atom is 0.251 e. The van der Waals surface area contributed by atoms with Gasteiger partial charge in [-0.2, -0.15) is 0 Å². The van der Waals surface area contributed by atoms with Crippen LogP contribution in [-0.4, -0.2) is 42.8 Å². The number of likely N-dealkylation sites (tertiary alicyclic amines) is 1. The van der Waals surface area contributed by atoms with Crippen molar-refractivity contribution in [2.75, 3.05) is 25.0 Å². The standard InChI is InChI=1S/C16H21F2N3O2/c1-10-3-2-4-12(14(10)15(19)22)20-16(23)11-5-7-21(8-6-11)9-13(17)18/h2-4,11,13H,5-9H2,1H3,(H2,19,22)(H,20,23). The zero-order chi connectivity index (χ0) is 17.0. The molecule has 1 saturated heterocycles. The SMILES string of the molecule is Cc1cccc(NC(=O)C2CCN(CC(F)F)CC2)c1C(N)=O. The van der Waals surface area contributed by atoms with Crippen LogP contribution in [0, 0.1) is 12.8 Å². The second-order valence-electron chi connectivity index (χ2n) is 5.82. The monoisotopic (exact) mass is 325 g/mol. The van der Waals surface area contributed by atoms with Crippen molar-refractivity contribution in [1.29, 1.82) is 0 Å². The zero-order valence-corrected chi connectivity index (χ0v) is 13.0. The Morgan fingerprint density at radius 3 is 2.57 bits per heavy atom. The van der Waals surface area contributed by atoms with E-state index in [2.05, 4.69) is 5.32 Å². The highest BCUT2D eigenvalue weighted by Gasteiger charge is 2.27. The number of amides is 2. The molecule has 0 unspecified atom stereocenters. The summed E-state index contributed by atoms with van der Waals surface area (Å²) in [5, 5.41) is 2.75. The van der Waals surface area contributed by atoms with Crippen LogP contribution in [-0.2, 0) is 4.79 Å². The molecule has 0 saturated carbocycles. The number of anilines is 1. The first kappa shape index (κ1) is 17.3. The van der Waals surface area contributed by atoms with Gasteiger partial charge in [-0.1, -0.05) is 12.1 Å². The molecular weight excluding hydrogens is 304 g/mol. The molecule has 5 nitrogen and oxygen atoms in total. The molecule has 1 heterocycles. The average molecular weight is 325 g/mol. The molecule has 0 radical (unpaired) electrons. The highest BCUT2D eigenvalue weighted by Crippen LogP contribution is 2.23. The molecule has 23 heavy (non-hydrogen) atoms. The summed E-state index contributed by atoms with van der Waals surface area (Å²) in [7, 11) is 0.